The van der Waals surface area contributed by atoms with E-state index >= 15 is 0 Å². The van der Waals surface area contributed by atoms with Gasteiger partial charge in [0.15, 0.2) is 30.9 Å². The quantitative estimate of drug-likeness (QED) is 0.105. The number of allylic oxidation sites excluding steroid dienone is 6. The zero-order chi connectivity index (χ0) is 69.2. The van der Waals surface area contributed by atoms with Crippen LogP contribution in [-0.4, -0.2) is 31.5 Å². The molecule has 19 rings (SSSR count). The monoisotopic (exact) mass is 1410 g/mol. The molecule has 4 aliphatic rings. The minimum Gasteiger partial charge on any atom is -0.289 e. The van der Waals surface area contributed by atoms with Crippen molar-refractivity contribution in [1.29, 1.82) is 21.0 Å². The van der Waals surface area contributed by atoms with Gasteiger partial charge in [-0.3, -0.25) is 9.59 Å². The topological polar surface area (TPSA) is 181 Å². The number of benzene rings is 9. The molecule has 16 heteroatoms. The van der Waals surface area contributed by atoms with E-state index in [1.165, 1.54) is 89.9 Å². The highest BCUT2D eigenvalue weighted by Gasteiger charge is 2.53. The molecule has 478 valence electrons. The Hall–Kier alpha value is -11.8. The molecule has 15 aromatic rings. The first-order valence-electron chi connectivity index (χ1n) is 32.8. The summed E-state index contributed by atoms with van der Waals surface area (Å²) in [5.41, 5.74) is 20.1. The number of carbonyl (C=O) groups excluding carboxylic acids is 2. The zero-order valence-electron chi connectivity index (χ0n) is 54.5. The van der Waals surface area contributed by atoms with Crippen molar-refractivity contribution in [3.05, 3.63) is 315 Å². The van der Waals surface area contributed by atoms with E-state index in [0.717, 1.165) is 104 Å². The fraction of sp³-hybridized carbons (Fsp3) is 0.0698. The first-order chi connectivity index (χ1) is 49.8. The number of aryl methyl sites for hydroxylation is 4. The van der Waals surface area contributed by atoms with Gasteiger partial charge in [-0.1, -0.05) is 237 Å². The lowest BCUT2D eigenvalue weighted by atomic mass is 9.65. The Morgan fingerprint density at radius 2 is 0.696 bits per heavy atom. The number of aromatic nitrogens is 4. The minimum atomic E-state index is -0.814. The standard InChI is InChI=1S/C86H46N8O2S6/c1-43-13-23-51(24-14-43)85(52-25-15-44(2)16-26-52)65-35-62-58-32-22-48-34-68(80-94-84-82(102-80)92-70(100-84)38-64-72(50(41-89)42-90)56-10-6-8-12-60(56)76(64)96)98-78(48)74(58)86(53-27-17-45(3)18-28-53,54-29-19-46(4)20-30-54)66(62)36-61(65)57-31-21-47-33-67(97-77(47)73(57)85)79-93-83-81(101-79)91-69(99-83)37-63-71(49(39-87)40-88)55-9-5-7-11-59(55)75(63)95/h5-38H,1-4H3/b63-37-,64-38-. The van der Waals surface area contributed by atoms with Crippen molar-refractivity contribution in [2.45, 2.75) is 38.5 Å². The summed E-state index contributed by atoms with van der Waals surface area (Å²) in [6.45, 7) is 8.60. The lowest BCUT2D eigenvalue weighted by Gasteiger charge is -2.36. The summed E-state index contributed by atoms with van der Waals surface area (Å²) in [6, 6.07) is 77.7. The normalized spacial score (nSPS) is 15.0. The highest BCUT2D eigenvalue weighted by atomic mass is 32.1. The van der Waals surface area contributed by atoms with Gasteiger partial charge in [0, 0.05) is 42.8 Å². The molecule has 0 N–H and O–H groups in total. The summed E-state index contributed by atoms with van der Waals surface area (Å²) in [5, 5.41) is 45.1. The maximum absolute atomic E-state index is 13.9. The molecule has 4 aliphatic carbocycles. The maximum Gasteiger partial charge on any atom is 0.194 e. The average molecular weight is 1420 g/mol. The maximum atomic E-state index is 13.9. The van der Waals surface area contributed by atoms with Crippen molar-refractivity contribution in [2.75, 3.05) is 0 Å². The number of carbonyl (C=O) groups is 2. The van der Waals surface area contributed by atoms with Crippen molar-refractivity contribution in [3.8, 4) is 66.3 Å². The summed E-state index contributed by atoms with van der Waals surface area (Å²) < 4.78 is 2.32. The van der Waals surface area contributed by atoms with Gasteiger partial charge in [-0.15, -0.1) is 22.7 Å². The number of thiazole rings is 4. The van der Waals surface area contributed by atoms with Gasteiger partial charge in [0.25, 0.3) is 0 Å². The number of thiophene rings is 2. The molecular formula is C86H46N8O2S6. The lowest BCUT2D eigenvalue weighted by Crippen LogP contribution is -2.30. The third-order valence-corrected chi connectivity index (χ3v) is 27.0. The Kier molecular flexibility index (Phi) is 13.7. The van der Waals surface area contributed by atoms with Crippen LogP contribution in [0, 0.1) is 73.0 Å². The second-order valence-corrected chi connectivity index (χ2v) is 32.2. The van der Waals surface area contributed by atoms with E-state index in [4.69, 9.17) is 19.9 Å². The molecule has 0 aliphatic heterocycles. The Morgan fingerprint density at radius 1 is 0.363 bits per heavy atom. The largest absolute Gasteiger partial charge is 0.289 e. The van der Waals surface area contributed by atoms with Crippen LogP contribution in [0.25, 0.3) is 105 Å². The number of Topliss-reactive ketones (excluding diaryl/α,β-unsaturated/α-hetero) is 2. The highest BCUT2D eigenvalue weighted by molar-refractivity contribution is 7.32. The number of nitrogens with zero attached hydrogens (tertiary/aromatic N) is 8. The Morgan fingerprint density at radius 3 is 1.03 bits per heavy atom. The van der Waals surface area contributed by atoms with Crippen molar-refractivity contribution < 1.29 is 9.59 Å². The van der Waals surface area contributed by atoms with E-state index in [0.29, 0.717) is 43.4 Å². The minimum absolute atomic E-state index is 0.120. The van der Waals surface area contributed by atoms with Gasteiger partial charge in [0.2, 0.25) is 0 Å². The van der Waals surface area contributed by atoms with E-state index in [-0.39, 0.29) is 33.9 Å². The summed E-state index contributed by atoms with van der Waals surface area (Å²) >= 11 is 9.31. The number of nitriles is 4. The first kappa shape index (κ1) is 61.3. The van der Waals surface area contributed by atoms with Crippen LogP contribution in [0.1, 0.15) is 109 Å². The van der Waals surface area contributed by atoms with E-state index in [1.54, 1.807) is 83.4 Å². The molecule has 6 heterocycles. The van der Waals surface area contributed by atoms with Crippen LogP contribution in [0.5, 0.6) is 0 Å². The third-order valence-electron chi connectivity index (χ3n) is 20.4. The molecule has 102 heavy (non-hydrogen) atoms. The number of ketones is 2. The van der Waals surface area contributed by atoms with Crippen molar-refractivity contribution in [3.63, 3.8) is 0 Å². The Bertz CT molecular complexity index is 6040. The van der Waals surface area contributed by atoms with E-state index in [9.17, 15) is 30.6 Å². The second kappa shape index (κ2) is 22.9. The molecule has 0 fully saturated rings. The van der Waals surface area contributed by atoms with Gasteiger partial charge >= 0.3 is 0 Å². The van der Waals surface area contributed by atoms with E-state index in [2.05, 4.69) is 173 Å². The van der Waals surface area contributed by atoms with Gasteiger partial charge in [-0.2, -0.15) is 21.0 Å². The fourth-order valence-electron chi connectivity index (χ4n) is 15.9. The second-order valence-electron chi connectivity index (χ2n) is 26.1. The van der Waals surface area contributed by atoms with Crippen molar-refractivity contribution >= 4 is 142 Å². The predicted molar refractivity (Wildman–Crippen MR) is 413 cm³/mol. The van der Waals surface area contributed by atoms with Gasteiger partial charge in [-0.25, -0.2) is 19.9 Å². The van der Waals surface area contributed by atoms with Gasteiger partial charge in [0.05, 0.1) is 20.6 Å². The smallest absolute Gasteiger partial charge is 0.194 e. The summed E-state index contributed by atoms with van der Waals surface area (Å²) in [6.07, 6.45) is 3.40. The molecule has 0 saturated carbocycles. The summed E-state index contributed by atoms with van der Waals surface area (Å²) in [4.78, 5) is 53.4. The molecule has 0 amide bonds. The van der Waals surface area contributed by atoms with Crippen LogP contribution in [0.3, 0.4) is 0 Å². The average Bonchev–Trinajstić information content (AvgIpc) is 1.50. The molecule has 0 unspecified atom stereocenters. The summed E-state index contributed by atoms with van der Waals surface area (Å²) in [5.74, 6) is -0.500. The predicted octanol–water partition coefficient (Wildman–Crippen LogP) is 21.7. The third kappa shape index (κ3) is 8.79. The molecule has 0 saturated heterocycles. The van der Waals surface area contributed by atoms with E-state index < -0.39 is 10.8 Å². The molecule has 0 atom stereocenters. The molecule has 0 spiro atoms. The Balaban J connectivity index is 0.795. The number of hydrogen-bond acceptors (Lipinski definition) is 16. The molecule has 9 aromatic carbocycles. The van der Waals surface area contributed by atoms with Crippen LogP contribution in [-0.2, 0) is 10.8 Å². The molecule has 6 aromatic heterocycles. The highest BCUT2D eigenvalue weighted by Crippen LogP contribution is 2.66. The van der Waals surface area contributed by atoms with Crippen molar-refractivity contribution in [2.24, 2.45) is 0 Å². The van der Waals surface area contributed by atoms with Crippen LogP contribution in [0.15, 0.2) is 216 Å². The molecular weight excluding hydrogens is 1370 g/mol. The van der Waals surface area contributed by atoms with Crippen LogP contribution in [0.2, 0.25) is 0 Å². The van der Waals surface area contributed by atoms with Gasteiger partial charge in [0.1, 0.15) is 55.5 Å². The van der Waals surface area contributed by atoms with Crippen LogP contribution in [0.4, 0.5) is 0 Å². The molecule has 0 radical (unpaired) electrons. The van der Waals surface area contributed by atoms with Crippen LogP contribution >= 0.6 is 68.0 Å². The number of fused-ring (bicyclic) bond motifs is 14. The number of rotatable bonds is 8. The zero-order valence-corrected chi connectivity index (χ0v) is 59.4. The van der Waals surface area contributed by atoms with Crippen molar-refractivity contribution in [1.82, 2.24) is 19.9 Å². The van der Waals surface area contributed by atoms with Crippen LogP contribution < -0.4 is 0 Å². The van der Waals surface area contributed by atoms with E-state index in [1.807, 2.05) is 24.3 Å². The molecule has 10 nitrogen and oxygen atoms in total. The lowest BCUT2D eigenvalue weighted by molar-refractivity contribution is 0.103. The first-order valence-corrected chi connectivity index (χ1v) is 37.7. The van der Waals surface area contributed by atoms with Gasteiger partial charge in [-0.05, 0) is 153 Å². The summed E-state index contributed by atoms with van der Waals surface area (Å²) in [7, 11) is 0. The number of hydrogen-bond donors (Lipinski definition) is 0. The van der Waals surface area contributed by atoms with Gasteiger partial charge < -0.3 is 0 Å². The molecule has 0 bridgehead atoms. The SMILES string of the molecule is Cc1ccc(C2(c3ccc(C)cc3)c3cc4c(cc3-c3ccc5cc(-c6nc7sc(/C=C8\C(=O)c9ccccc9C8=C(C#N)C#N)nc7s6)sc5c32)C(c2ccc(C)cc2)(c2ccc(C)cc2)c2c-4ccc3cc(-c4nc5sc(/C=C6\C(=O)c7ccccc7C6=C(C#N)C#N)nc5s4)sc23)cc1. The fourth-order valence-corrected chi connectivity index (χ4v) is 22.5. The Labute approximate surface area is 608 Å².